The van der Waals surface area contributed by atoms with Crippen molar-refractivity contribution in [1.29, 1.82) is 0 Å². The van der Waals surface area contributed by atoms with E-state index in [0.29, 0.717) is 12.8 Å². The summed E-state index contributed by atoms with van der Waals surface area (Å²) < 4.78 is 5.60. The molecule has 1 saturated carbocycles. The molecule has 5 unspecified atom stereocenters. The summed E-state index contributed by atoms with van der Waals surface area (Å²) in [4.78, 5) is 11.7. The molecule has 0 bridgehead atoms. The SMILES string of the molecule is CCCCCC(O)C=CC1C(OC)CC(O)C1CC=CCCCC(=O)NC(C)C. The highest BCUT2D eigenvalue weighted by molar-refractivity contribution is 5.76. The van der Waals surface area contributed by atoms with Gasteiger partial charge in [-0.1, -0.05) is 50.5 Å². The number of carbonyl (C=O) groups excluding carboxylic acids is 1. The van der Waals surface area contributed by atoms with E-state index in [9.17, 15) is 15.0 Å². The molecule has 5 atom stereocenters. The van der Waals surface area contributed by atoms with Crippen molar-refractivity contribution in [3.63, 3.8) is 0 Å². The van der Waals surface area contributed by atoms with E-state index in [1.54, 1.807) is 7.11 Å². The van der Waals surface area contributed by atoms with Gasteiger partial charge in [0.25, 0.3) is 0 Å². The van der Waals surface area contributed by atoms with Crippen molar-refractivity contribution < 1.29 is 19.7 Å². The third kappa shape index (κ3) is 10.4. The lowest BCUT2D eigenvalue weighted by Crippen LogP contribution is -2.29. The Morgan fingerprint density at radius 1 is 1.24 bits per heavy atom. The molecule has 168 valence electrons. The minimum Gasteiger partial charge on any atom is -0.393 e. The van der Waals surface area contributed by atoms with Crippen LogP contribution in [0.5, 0.6) is 0 Å². The number of hydrogen-bond acceptors (Lipinski definition) is 4. The van der Waals surface area contributed by atoms with E-state index < -0.39 is 12.2 Å². The Balaban J connectivity index is 2.48. The zero-order valence-corrected chi connectivity index (χ0v) is 18.8. The minimum atomic E-state index is -0.426. The topological polar surface area (TPSA) is 78.8 Å². The van der Waals surface area contributed by atoms with Gasteiger partial charge >= 0.3 is 0 Å². The van der Waals surface area contributed by atoms with Gasteiger partial charge in [0, 0.05) is 31.9 Å². The normalized spacial score (nSPS) is 26.0. The molecule has 0 aromatic rings. The Morgan fingerprint density at radius 3 is 2.66 bits per heavy atom. The van der Waals surface area contributed by atoms with Crippen LogP contribution in [-0.2, 0) is 9.53 Å². The fraction of sp³-hybridized carbons (Fsp3) is 0.792. The first kappa shape index (κ1) is 25.9. The molecule has 3 N–H and O–H groups in total. The van der Waals surface area contributed by atoms with Crippen LogP contribution in [0.25, 0.3) is 0 Å². The van der Waals surface area contributed by atoms with Crippen molar-refractivity contribution in [2.24, 2.45) is 11.8 Å². The maximum Gasteiger partial charge on any atom is 0.220 e. The zero-order chi connectivity index (χ0) is 21.6. The van der Waals surface area contributed by atoms with Gasteiger partial charge in [0.05, 0.1) is 18.3 Å². The molecule has 0 aromatic heterocycles. The van der Waals surface area contributed by atoms with Crippen molar-refractivity contribution >= 4 is 5.91 Å². The number of hydrogen-bond donors (Lipinski definition) is 3. The predicted molar refractivity (Wildman–Crippen MR) is 119 cm³/mol. The first-order chi connectivity index (χ1) is 13.9. The minimum absolute atomic E-state index is 0.0118. The smallest absolute Gasteiger partial charge is 0.220 e. The fourth-order valence-electron chi connectivity index (χ4n) is 4.04. The Morgan fingerprint density at radius 2 is 2.00 bits per heavy atom. The summed E-state index contributed by atoms with van der Waals surface area (Å²) in [7, 11) is 1.69. The van der Waals surface area contributed by atoms with Gasteiger partial charge in [0.15, 0.2) is 0 Å². The molecular formula is C24H43NO4. The molecule has 1 rings (SSSR count). The van der Waals surface area contributed by atoms with Gasteiger partial charge in [-0.3, -0.25) is 4.79 Å². The third-order valence-electron chi connectivity index (χ3n) is 5.65. The second-order valence-corrected chi connectivity index (χ2v) is 8.59. The Kier molecular flexibility index (Phi) is 13.2. The number of amides is 1. The zero-order valence-electron chi connectivity index (χ0n) is 18.8. The van der Waals surface area contributed by atoms with Crippen LogP contribution >= 0.6 is 0 Å². The summed E-state index contributed by atoms with van der Waals surface area (Å²) in [5.41, 5.74) is 0. The largest absolute Gasteiger partial charge is 0.393 e. The number of carbonyl (C=O) groups is 1. The maximum atomic E-state index is 11.7. The molecule has 0 saturated heterocycles. The molecule has 1 fully saturated rings. The van der Waals surface area contributed by atoms with Gasteiger partial charge in [0.1, 0.15) is 0 Å². The Labute approximate surface area is 177 Å². The quantitative estimate of drug-likeness (QED) is 0.298. The fourth-order valence-corrected chi connectivity index (χ4v) is 4.04. The van der Waals surface area contributed by atoms with Gasteiger partial charge < -0.3 is 20.3 Å². The average Bonchev–Trinajstić information content (AvgIpc) is 2.97. The van der Waals surface area contributed by atoms with E-state index in [-0.39, 0.29) is 29.9 Å². The lowest BCUT2D eigenvalue weighted by atomic mass is 9.89. The average molecular weight is 410 g/mol. The van der Waals surface area contributed by atoms with Crippen LogP contribution in [-0.4, -0.2) is 47.6 Å². The number of aliphatic hydroxyl groups is 2. The molecule has 1 amide bonds. The summed E-state index contributed by atoms with van der Waals surface area (Å²) in [6.45, 7) is 6.09. The summed E-state index contributed by atoms with van der Waals surface area (Å²) in [6, 6.07) is 0.186. The number of rotatable bonds is 14. The molecule has 5 nitrogen and oxygen atoms in total. The van der Waals surface area contributed by atoms with E-state index in [1.165, 1.54) is 0 Å². The second kappa shape index (κ2) is 14.8. The molecule has 1 aliphatic carbocycles. The van der Waals surface area contributed by atoms with Gasteiger partial charge in [-0.05, 0) is 45.4 Å². The van der Waals surface area contributed by atoms with Crippen molar-refractivity contribution in [3.8, 4) is 0 Å². The lowest BCUT2D eigenvalue weighted by molar-refractivity contribution is -0.121. The van der Waals surface area contributed by atoms with Gasteiger partial charge in [0.2, 0.25) is 5.91 Å². The highest BCUT2D eigenvalue weighted by Gasteiger charge is 2.40. The number of ether oxygens (including phenoxy) is 1. The van der Waals surface area contributed by atoms with Gasteiger partial charge in [-0.15, -0.1) is 0 Å². The van der Waals surface area contributed by atoms with Crippen LogP contribution in [0.15, 0.2) is 24.3 Å². The Hall–Kier alpha value is -1.17. The third-order valence-corrected chi connectivity index (χ3v) is 5.65. The van der Waals surface area contributed by atoms with Crippen LogP contribution in [0.3, 0.4) is 0 Å². The number of methoxy groups -OCH3 is 1. The molecular weight excluding hydrogens is 366 g/mol. The van der Waals surface area contributed by atoms with Crippen LogP contribution in [0.2, 0.25) is 0 Å². The van der Waals surface area contributed by atoms with E-state index in [0.717, 1.165) is 44.9 Å². The summed E-state index contributed by atoms with van der Waals surface area (Å²) in [5, 5.41) is 23.6. The molecule has 1 aliphatic rings. The predicted octanol–water partition coefficient (Wildman–Crippen LogP) is 4.14. The van der Waals surface area contributed by atoms with Crippen molar-refractivity contribution in [2.75, 3.05) is 7.11 Å². The van der Waals surface area contributed by atoms with Crippen LogP contribution in [0.4, 0.5) is 0 Å². The number of allylic oxidation sites excluding steroid dienone is 2. The monoisotopic (exact) mass is 409 g/mol. The van der Waals surface area contributed by atoms with Crippen molar-refractivity contribution in [3.05, 3.63) is 24.3 Å². The molecule has 0 aromatic carbocycles. The maximum absolute atomic E-state index is 11.7. The second-order valence-electron chi connectivity index (χ2n) is 8.59. The van der Waals surface area contributed by atoms with Crippen LogP contribution in [0, 0.1) is 11.8 Å². The number of unbranched alkanes of at least 4 members (excludes halogenated alkanes) is 3. The molecule has 0 aliphatic heterocycles. The van der Waals surface area contributed by atoms with Crippen LogP contribution in [0.1, 0.15) is 78.6 Å². The van der Waals surface area contributed by atoms with E-state index in [4.69, 9.17) is 4.74 Å². The van der Waals surface area contributed by atoms with E-state index in [1.807, 2.05) is 19.9 Å². The first-order valence-electron chi connectivity index (χ1n) is 11.4. The highest BCUT2D eigenvalue weighted by Crippen LogP contribution is 2.38. The van der Waals surface area contributed by atoms with Crippen LogP contribution < -0.4 is 5.32 Å². The summed E-state index contributed by atoms with van der Waals surface area (Å²) >= 11 is 0. The first-order valence-corrected chi connectivity index (χ1v) is 11.4. The highest BCUT2D eigenvalue weighted by atomic mass is 16.5. The molecule has 29 heavy (non-hydrogen) atoms. The molecule has 0 radical (unpaired) electrons. The van der Waals surface area contributed by atoms with Gasteiger partial charge in [-0.25, -0.2) is 0 Å². The summed E-state index contributed by atoms with van der Waals surface area (Å²) in [6.07, 6.45) is 15.1. The van der Waals surface area contributed by atoms with E-state index >= 15 is 0 Å². The van der Waals surface area contributed by atoms with Gasteiger partial charge in [-0.2, -0.15) is 0 Å². The lowest BCUT2D eigenvalue weighted by Gasteiger charge is -2.21. The standard InChI is InChI=1S/C24H43NO4/c1-5-6-9-12-19(26)15-16-21-20(22(27)17-23(21)29-4)13-10-7-8-11-14-24(28)25-18(2)3/h7,10,15-16,18-23,26-27H,5-6,8-9,11-14,17H2,1-4H3,(H,25,28). The molecule has 5 heteroatoms. The van der Waals surface area contributed by atoms with E-state index in [2.05, 4.69) is 30.5 Å². The summed E-state index contributed by atoms with van der Waals surface area (Å²) in [5.74, 6) is 0.307. The Bertz CT molecular complexity index is 503. The number of aliphatic hydroxyl groups excluding tert-OH is 2. The van der Waals surface area contributed by atoms with Crippen molar-refractivity contribution in [2.45, 2.75) is 103 Å². The number of nitrogens with one attached hydrogen (secondary N) is 1. The molecule has 0 heterocycles. The van der Waals surface area contributed by atoms with Crippen molar-refractivity contribution in [1.82, 2.24) is 5.32 Å². The molecule has 0 spiro atoms.